The molecule has 126 valence electrons. The lowest BCUT2D eigenvalue weighted by molar-refractivity contribution is -0.130. The van der Waals surface area contributed by atoms with Crippen LogP contribution in [0, 0.1) is 5.92 Å². The third-order valence-corrected chi connectivity index (χ3v) is 3.98. The molecular weight excluding hydrogens is 290 g/mol. The summed E-state index contributed by atoms with van der Waals surface area (Å²) < 4.78 is 0. The van der Waals surface area contributed by atoms with Gasteiger partial charge >= 0.3 is 0 Å². The number of hydrogen-bond donors (Lipinski definition) is 3. The summed E-state index contributed by atoms with van der Waals surface area (Å²) in [5.41, 5.74) is 0.816. The zero-order chi connectivity index (χ0) is 16.7. The monoisotopic (exact) mass is 317 g/mol. The molecule has 1 unspecified atom stereocenters. The van der Waals surface area contributed by atoms with E-state index in [-0.39, 0.29) is 23.8 Å². The van der Waals surface area contributed by atoms with Crippen molar-refractivity contribution in [3.63, 3.8) is 0 Å². The highest BCUT2D eigenvalue weighted by molar-refractivity contribution is 5.88. The number of nitrogens with one attached hydrogen (secondary N) is 3. The first-order chi connectivity index (χ1) is 11.1. The van der Waals surface area contributed by atoms with Crippen LogP contribution in [0.2, 0.25) is 0 Å². The van der Waals surface area contributed by atoms with E-state index < -0.39 is 6.04 Å². The van der Waals surface area contributed by atoms with Gasteiger partial charge in [0.15, 0.2) is 0 Å². The number of amides is 2. The van der Waals surface area contributed by atoms with Gasteiger partial charge in [-0.1, -0.05) is 44.2 Å². The Morgan fingerprint density at radius 2 is 1.83 bits per heavy atom. The van der Waals surface area contributed by atoms with Crippen molar-refractivity contribution in [1.29, 1.82) is 0 Å². The largest absolute Gasteiger partial charge is 0.351 e. The van der Waals surface area contributed by atoms with E-state index in [0.29, 0.717) is 6.42 Å². The molecule has 1 aliphatic rings. The lowest BCUT2D eigenvalue weighted by Gasteiger charge is -2.27. The summed E-state index contributed by atoms with van der Waals surface area (Å²) in [4.78, 5) is 24.8. The number of carbonyl (C=O) groups is 2. The smallest absolute Gasteiger partial charge is 0.247 e. The molecule has 1 heterocycles. The summed E-state index contributed by atoms with van der Waals surface area (Å²) in [6.07, 6.45) is 2.27. The van der Waals surface area contributed by atoms with E-state index in [1.807, 2.05) is 44.2 Å². The summed E-state index contributed by atoms with van der Waals surface area (Å²) in [5, 5.41) is 9.25. The molecule has 0 radical (unpaired) electrons. The van der Waals surface area contributed by atoms with Crippen LogP contribution in [0.1, 0.15) is 44.7 Å². The third kappa shape index (κ3) is 5.67. The molecule has 1 fully saturated rings. The number of rotatable bonds is 6. The maximum absolute atomic E-state index is 12.7. The summed E-state index contributed by atoms with van der Waals surface area (Å²) >= 11 is 0. The Morgan fingerprint density at radius 1 is 1.17 bits per heavy atom. The van der Waals surface area contributed by atoms with Crippen molar-refractivity contribution >= 4 is 11.8 Å². The highest BCUT2D eigenvalue weighted by Crippen LogP contribution is 2.15. The van der Waals surface area contributed by atoms with Gasteiger partial charge in [-0.2, -0.15) is 0 Å². The molecule has 5 nitrogen and oxygen atoms in total. The van der Waals surface area contributed by atoms with Crippen molar-refractivity contribution < 1.29 is 9.59 Å². The third-order valence-electron chi connectivity index (χ3n) is 3.98. The summed E-state index contributed by atoms with van der Waals surface area (Å²) in [7, 11) is 0. The van der Waals surface area contributed by atoms with Crippen LogP contribution in [0.4, 0.5) is 0 Å². The second-order valence-electron chi connectivity index (χ2n) is 6.54. The number of benzene rings is 1. The average Bonchev–Trinajstić information content (AvgIpc) is 2.53. The van der Waals surface area contributed by atoms with Gasteiger partial charge in [0.1, 0.15) is 6.04 Å². The Balaban J connectivity index is 2.06. The normalized spacial score (nSPS) is 16.8. The molecule has 1 atom stereocenters. The zero-order valence-electron chi connectivity index (χ0n) is 14.0. The molecule has 1 aromatic rings. The van der Waals surface area contributed by atoms with Crippen LogP contribution in [0.5, 0.6) is 0 Å². The Morgan fingerprint density at radius 3 is 2.43 bits per heavy atom. The van der Waals surface area contributed by atoms with E-state index >= 15 is 0 Å². The summed E-state index contributed by atoms with van der Waals surface area (Å²) in [6.45, 7) is 5.82. The van der Waals surface area contributed by atoms with E-state index in [2.05, 4.69) is 16.0 Å². The first-order valence-corrected chi connectivity index (χ1v) is 8.41. The van der Waals surface area contributed by atoms with Crippen molar-refractivity contribution in [2.24, 2.45) is 5.92 Å². The van der Waals surface area contributed by atoms with Crippen LogP contribution in [-0.4, -0.2) is 30.9 Å². The van der Waals surface area contributed by atoms with Gasteiger partial charge in [-0.15, -0.1) is 0 Å². The predicted octanol–water partition coefficient (Wildman–Crippen LogP) is 1.76. The van der Waals surface area contributed by atoms with Crippen LogP contribution in [0.15, 0.2) is 30.3 Å². The lowest BCUT2D eigenvalue weighted by atomic mass is 10.0. The quantitative estimate of drug-likeness (QED) is 0.749. The predicted molar refractivity (Wildman–Crippen MR) is 90.8 cm³/mol. The van der Waals surface area contributed by atoms with Gasteiger partial charge in [0, 0.05) is 12.5 Å². The van der Waals surface area contributed by atoms with Crippen LogP contribution in [0.25, 0.3) is 0 Å². The molecule has 0 aliphatic carbocycles. The standard InChI is InChI=1S/C18H27N3O2/c1-13(2)12-16(22)21-17(14-6-4-3-5-7-14)18(23)20-15-8-10-19-11-9-15/h3-7,13,15,17,19H,8-12H2,1-2H3,(H,20,23)(H,21,22). The first-order valence-electron chi connectivity index (χ1n) is 8.41. The van der Waals surface area contributed by atoms with Crippen LogP contribution < -0.4 is 16.0 Å². The van der Waals surface area contributed by atoms with Gasteiger partial charge < -0.3 is 16.0 Å². The first kappa shape index (κ1) is 17.5. The SMILES string of the molecule is CC(C)CC(=O)NC(C(=O)NC1CCNCC1)c1ccccc1. The molecule has 3 N–H and O–H groups in total. The van der Waals surface area contributed by atoms with Crippen LogP contribution in [0.3, 0.4) is 0 Å². The van der Waals surface area contributed by atoms with Gasteiger partial charge in [0.25, 0.3) is 0 Å². The van der Waals surface area contributed by atoms with Crippen molar-refractivity contribution in [3.05, 3.63) is 35.9 Å². The Labute approximate surface area is 138 Å². The molecule has 0 spiro atoms. The zero-order valence-corrected chi connectivity index (χ0v) is 14.0. The van der Waals surface area contributed by atoms with Crippen molar-refractivity contribution in [1.82, 2.24) is 16.0 Å². The van der Waals surface area contributed by atoms with Gasteiger partial charge in [0.05, 0.1) is 0 Å². The Hall–Kier alpha value is -1.88. The molecule has 2 rings (SSSR count). The van der Waals surface area contributed by atoms with Gasteiger partial charge in [0.2, 0.25) is 11.8 Å². The minimum Gasteiger partial charge on any atom is -0.351 e. The number of hydrogen-bond acceptors (Lipinski definition) is 3. The maximum atomic E-state index is 12.7. The van der Waals surface area contributed by atoms with Crippen molar-refractivity contribution in [2.75, 3.05) is 13.1 Å². The van der Waals surface area contributed by atoms with Gasteiger partial charge in [-0.25, -0.2) is 0 Å². The molecule has 23 heavy (non-hydrogen) atoms. The van der Waals surface area contributed by atoms with E-state index in [4.69, 9.17) is 0 Å². The average molecular weight is 317 g/mol. The molecule has 5 heteroatoms. The fourth-order valence-corrected chi connectivity index (χ4v) is 2.79. The molecular formula is C18H27N3O2. The van der Waals surface area contributed by atoms with E-state index in [9.17, 15) is 9.59 Å². The fraction of sp³-hybridized carbons (Fsp3) is 0.556. The van der Waals surface area contributed by atoms with Crippen molar-refractivity contribution in [2.45, 2.75) is 45.2 Å². The minimum atomic E-state index is -0.627. The number of carbonyl (C=O) groups excluding carboxylic acids is 2. The Kier molecular flexibility index (Phi) is 6.59. The molecule has 2 amide bonds. The highest BCUT2D eigenvalue weighted by Gasteiger charge is 2.25. The molecule has 0 aromatic heterocycles. The number of piperidine rings is 1. The molecule has 0 saturated carbocycles. The van der Waals surface area contributed by atoms with Crippen molar-refractivity contribution in [3.8, 4) is 0 Å². The van der Waals surface area contributed by atoms with E-state index in [0.717, 1.165) is 31.5 Å². The molecule has 1 aromatic carbocycles. The fourth-order valence-electron chi connectivity index (χ4n) is 2.79. The summed E-state index contributed by atoms with van der Waals surface area (Å²) in [5.74, 6) is 0.0495. The van der Waals surface area contributed by atoms with Crippen LogP contribution >= 0.6 is 0 Å². The summed E-state index contributed by atoms with van der Waals surface area (Å²) in [6, 6.07) is 8.98. The van der Waals surface area contributed by atoms with Gasteiger partial charge in [-0.05, 0) is 37.4 Å². The molecule has 1 aliphatic heterocycles. The topological polar surface area (TPSA) is 70.2 Å². The maximum Gasteiger partial charge on any atom is 0.247 e. The lowest BCUT2D eigenvalue weighted by Crippen LogP contribution is -2.47. The molecule has 1 saturated heterocycles. The van der Waals surface area contributed by atoms with Gasteiger partial charge in [-0.3, -0.25) is 9.59 Å². The minimum absolute atomic E-state index is 0.0886. The van der Waals surface area contributed by atoms with E-state index in [1.54, 1.807) is 0 Å². The molecule has 0 bridgehead atoms. The second kappa shape index (κ2) is 8.67. The van der Waals surface area contributed by atoms with E-state index in [1.165, 1.54) is 0 Å². The second-order valence-corrected chi connectivity index (χ2v) is 6.54. The van der Waals surface area contributed by atoms with Crippen LogP contribution in [-0.2, 0) is 9.59 Å². The Bertz CT molecular complexity index is 510. The highest BCUT2D eigenvalue weighted by atomic mass is 16.2.